The second kappa shape index (κ2) is 15.1. The maximum absolute atomic E-state index is 13.5. The third-order valence-corrected chi connectivity index (χ3v) is 7.15. The first kappa shape index (κ1) is 31.6. The molecular weight excluding hydrogens is 524 g/mol. The number of carboxylic acids is 1. The van der Waals surface area contributed by atoms with Crippen LogP contribution >= 0.6 is 11.8 Å². The van der Waals surface area contributed by atoms with E-state index in [9.17, 15) is 29.1 Å². The Morgan fingerprint density at radius 1 is 1.03 bits per heavy atom. The molecule has 0 aliphatic heterocycles. The first-order valence-corrected chi connectivity index (χ1v) is 14.1. The lowest BCUT2D eigenvalue weighted by Gasteiger charge is -2.28. The Balaban J connectivity index is 2.31. The predicted molar refractivity (Wildman–Crippen MR) is 150 cm³/mol. The van der Waals surface area contributed by atoms with E-state index in [1.807, 2.05) is 37.4 Å². The molecule has 1 aromatic heterocycles. The fourth-order valence-electron chi connectivity index (χ4n) is 4.03. The van der Waals surface area contributed by atoms with Crippen molar-refractivity contribution in [1.82, 2.24) is 20.9 Å². The Kier molecular flexibility index (Phi) is 12.3. The van der Waals surface area contributed by atoms with Crippen LogP contribution in [0.15, 0.2) is 30.5 Å². The molecule has 0 fully saturated rings. The van der Waals surface area contributed by atoms with Gasteiger partial charge in [-0.05, 0) is 36.0 Å². The zero-order valence-electron chi connectivity index (χ0n) is 22.4. The molecule has 5 atom stereocenters. The van der Waals surface area contributed by atoms with Crippen molar-refractivity contribution in [1.29, 1.82) is 0 Å². The van der Waals surface area contributed by atoms with Crippen molar-refractivity contribution in [3.8, 4) is 0 Å². The fraction of sp³-hybridized carbons (Fsp3) is 0.500. The van der Waals surface area contributed by atoms with Crippen LogP contribution in [0.4, 0.5) is 0 Å². The normalized spacial score (nSPS) is 15.0. The van der Waals surface area contributed by atoms with Crippen molar-refractivity contribution >= 4 is 52.3 Å². The van der Waals surface area contributed by atoms with Gasteiger partial charge in [-0.25, -0.2) is 4.79 Å². The summed E-state index contributed by atoms with van der Waals surface area (Å²) in [5.41, 5.74) is 12.5. The van der Waals surface area contributed by atoms with Crippen LogP contribution in [0.5, 0.6) is 0 Å². The number of thioether (sulfide) groups is 1. The first-order valence-electron chi connectivity index (χ1n) is 12.7. The van der Waals surface area contributed by atoms with Gasteiger partial charge in [0.2, 0.25) is 23.6 Å². The molecule has 0 saturated heterocycles. The molecular formula is C26H38N6O6S. The highest BCUT2D eigenvalue weighted by Gasteiger charge is 2.33. The standard InChI is InChI=1S/C26H38N6O6S/c1-4-14(2)22(25(36)30-19(26(37)38)9-10-39-3)32-24(35)20(31-23(34)17(27)12-21(28)33)11-15-13-29-18-8-6-5-7-16(15)18/h5-8,13-14,17,19-20,22,29H,4,9-12,27H2,1-3H3,(H2,28,33)(H,30,36)(H,31,34)(H,32,35)(H,37,38). The minimum atomic E-state index is -1.26. The van der Waals surface area contributed by atoms with Gasteiger partial charge in [0.1, 0.15) is 18.1 Å². The Morgan fingerprint density at radius 2 is 1.69 bits per heavy atom. The number of carbonyl (C=O) groups excluding carboxylic acids is 4. The minimum Gasteiger partial charge on any atom is -0.480 e. The summed E-state index contributed by atoms with van der Waals surface area (Å²) in [5, 5.41) is 18.2. The van der Waals surface area contributed by atoms with Gasteiger partial charge in [0.15, 0.2) is 0 Å². The van der Waals surface area contributed by atoms with E-state index in [1.165, 1.54) is 11.8 Å². The van der Waals surface area contributed by atoms with Gasteiger partial charge in [-0.1, -0.05) is 38.5 Å². The second-order valence-electron chi connectivity index (χ2n) is 9.45. The van der Waals surface area contributed by atoms with Crippen LogP contribution in [0.2, 0.25) is 0 Å². The van der Waals surface area contributed by atoms with Crippen LogP contribution in [0.3, 0.4) is 0 Å². The largest absolute Gasteiger partial charge is 0.480 e. The number of aromatic amines is 1. The van der Waals surface area contributed by atoms with Crippen LogP contribution in [0.25, 0.3) is 10.9 Å². The summed E-state index contributed by atoms with van der Waals surface area (Å²) in [6, 6.07) is 2.86. The molecule has 0 aliphatic carbocycles. The molecule has 1 heterocycles. The van der Waals surface area contributed by atoms with Crippen molar-refractivity contribution < 1.29 is 29.1 Å². The Bertz CT molecular complexity index is 1170. The highest BCUT2D eigenvalue weighted by molar-refractivity contribution is 7.98. The van der Waals surface area contributed by atoms with Gasteiger partial charge >= 0.3 is 5.97 Å². The zero-order valence-corrected chi connectivity index (χ0v) is 23.2. The van der Waals surface area contributed by atoms with Gasteiger partial charge in [0, 0.05) is 23.5 Å². The highest BCUT2D eigenvalue weighted by atomic mass is 32.2. The number of H-pyrrole nitrogens is 1. The van der Waals surface area contributed by atoms with Crippen LogP contribution in [-0.2, 0) is 30.4 Å². The number of carboxylic acid groups (broad SMARTS) is 1. The summed E-state index contributed by atoms with van der Waals surface area (Å²) >= 11 is 1.46. The molecule has 2 rings (SSSR count). The van der Waals surface area contributed by atoms with E-state index in [2.05, 4.69) is 20.9 Å². The number of fused-ring (bicyclic) bond motifs is 1. The van der Waals surface area contributed by atoms with E-state index >= 15 is 0 Å². The molecule has 5 unspecified atom stereocenters. The van der Waals surface area contributed by atoms with E-state index < -0.39 is 60.2 Å². The quantitative estimate of drug-likeness (QED) is 0.150. The number of rotatable bonds is 16. The smallest absolute Gasteiger partial charge is 0.326 e. The molecule has 1 aromatic carbocycles. The monoisotopic (exact) mass is 562 g/mol. The van der Waals surface area contributed by atoms with Crippen molar-refractivity contribution in [3.05, 3.63) is 36.0 Å². The molecule has 2 aromatic rings. The number of aromatic nitrogens is 1. The fourth-order valence-corrected chi connectivity index (χ4v) is 4.50. The number of nitrogens with one attached hydrogen (secondary N) is 4. The average molecular weight is 563 g/mol. The Morgan fingerprint density at radius 3 is 2.31 bits per heavy atom. The van der Waals surface area contributed by atoms with Crippen LogP contribution in [0.1, 0.15) is 38.7 Å². The number of nitrogens with two attached hydrogens (primary N) is 2. The van der Waals surface area contributed by atoms with Crippen LogP contribution < -0.4 is 27.4 Å². The van der Waals surface area contributed by atoms with Gasteiger partial charge < -0.3 is 37.5 Å². The van der Waals surface area contributed by atoms with Crippen LogP contribution in [-0.4, -0.2) is 75.9 Å². The van der Waals surface area contributed by atoms with Gasteiger partial charge in [-0.2, -0.15) is 11.8 Å². The second-order valence-corrected chi connectivity index (χ2v) is 10.4. The van der Waals surface area contributed by atoms with Gasteiger partial charge in [0.25, 0.3) is 0 Å². The zero-order chi connectivity index (χ0) is 29.1. The van der Waals surface area contributed by atoms with Crippen molar-refractivity contribution in [2.24, 2.45) is 17.4 Å². The molecule has 0 radical (unpaired) electrons. The Labute approximate surface area is 231 Å². The molecule has 0 bridgehead atoms. The molecule has 214 valence electrons. The molecule has 0 saturated carbocycles. The van der Waals surface area contributed by atoms with Gasteiger partial charge in [-0.15, -0.1) is 0 Å². The number of benzene rings is 1. The minimum absolute atomic E-state index is 0.0607. The number of primary amides is 1. The first-order chi connectivity index (χ1) is 18.5. The average Bonchev–Trinajstić information content (AvgIpc) is 3.30. The lowest BCUT2D eigenvalue weighted by molar-refractivity contribution is -0.142. The number of aliphatic carboxylic acids is 1. The molecule has 9 N–H and O–H groups in total. The lowest BCUT2D eigenvalue weighted by atomic mass is 9.96. The van der Waals surface area contributed by atoms with Crippen LogP contribution in [0, 0.1) is 5.92 Å². The Hall–Kier alpha value is -3.58. The summed E-state index contributed by atoms with van der Waals surface area (Å²) in [7, 11) is 0. The molecule has 39 heavy (non-hydrogen) atoms. The van der Waals surface area contributed by atoms with E-state index in [0.717, 1.165) is 16.5 Å². The predicted octanol–water partition coefficient (Wildman–Crippen LogP) is 0.251. The highest BCUT2D eigenvalue weighted by Crippen LogP contribution is 2.20. The number of amides is 4. The number of hydrogen-bond donors (Lipinski definition) is 7. The van der Waals surface area contributed by atoms with Gasteiger partial charge in [-0.3, -0.25) is 19.2 Å². The maximum Gasteiger partial charge on any atom is 0.326 e. The summed E-state index contributed by atoms with van der Waals surface area (Å²) < 4.78 is 0. The third kappa shape index (κ3) is 9.29. The number of carbonyl (C=O) groups is 5. The number of para-hydroxylation sites is 1. The summed E-state index contributed by atoms with van der Waals surface area (Å²) in [5.74, 6) is -3.78. The molecule has 12 nitrogen and oxygen atoms in total. The summed E-state index contributed by atoms with van der Waals surface area (Å²) in [4.78, 5) is 65.5. The molecule has 0 spiro atoms. The van der Waals surface area contributed by atoms with E-state index in [4.69, 9.17) is 11.5 Å². The molecule has 4 amide bonds. The SMILES string of the molecule is CCC(C)C(NC(=O)C(Cc1c[nH]c2ccccc12)NC(=O)C(N)CC(N)=O)C(=O)NC(CCSC)C(=O)O. The van der Waals surface area contributed by atoms with Crippen molar-refractivity contribution in [2.75, 3.05) is 12.0 Å². The topological polar surface area (TPSA) is 209 Å². The lowest BCUT2D eigenvalue weighted by Crippen LogP contribution is -2.59. The van der Waals surface area contributed by atoms with E-state index in [0.29, 0.717) is 12.2 Å². The molecule has 13 heteroatoms. The van der Waals surface area contributed by atoms with Crippen molar-refractivity contribution in [2.45, 2.75) is 63.7 Å². The molecule has 0 aliphatic rings. The van der Waals surface area contributed by atoms with E-state index in [-0.39, 0.29) is 18.8 Å². The third-order valence-electron chi connectivity index (χ3n) is 6.51. The van der Waals surface area contributed by atoms with E-state index in [1.54, 1.807) is 13.1 Å². The number of hydrogen-bond acceptors (Lipinski definition) is 7. The van der Waals surface area contributed by atoms with Crippen molar-refractivity contribution in [3.63, 3.8) is 0 Å². The maximum atomic E-state index is 13.5. The summed E-state index contributed by atoms with van der Waals surface area (Å²) in [6.45, 7) is 3.60. The van der Waals surface area contributed by atoms with Gasteiger partial charge in [0.05, 0.1) is 12.5 Å². The summed E-state index contributed by atoms with van der Waals surface area (Å²) in [6.07, 6.45) is 3.95.